The molecule has 1 atom stereocenters. The Balaban J connectivity index is 1.63. The third kappa shape index (κ3) is 3.21. The summed E-state index contributed by atoms with van der Waals surface area (Å²) in [5, 5.41) is 8.51. The normalized spacial score (nSPS) is 19.2. The molecule has 4 aromatic rings. The van der Waals surface area contributed by atoms with E-state index in [0.29, 0.717) is 12.4 Å². The molecule has 6 nitrogen and oxygen atoms in total. The van der Waals surface area contributed by atoms with Gasteiger partial charge in [-0.15, -0.1) is 4.80 Å². The molecule has 32 heavy (non-hydrogen) atoms. The zero-order chi connectivity index (χ0) is 22.7. The standard InChI is InChI=1S/C22H20F4N6/c1-13-4-5-18(32-27-7-8-28-32)19(10-13)31-9-3-6-21(31,2)20-29-16-11-14(22(24,25)26)15(23)12-17(16)30-20/h4-5,7-8,10-12H,3,6,9H2,1-2H3,(H,29,30)/t21-/m0/s1. The van der Waals surface area contributed by atoms with Crippen molar-refractivity contribution in [2.75, 3.05) is 11.4 Å². The van der Waals surface area contributed by atoms with Gasteiger partial charge in [-0.2, -0.15) is 23.4 Å². The van der Waals surface area contributed by atoms with Crippen molar-refractivity contribution in [3.05, 3.63) is 65.5 Å². The molecule has 166 valence electrons. The molecule has 3 heterocycles. The number of aryl methyl sites for hydroxylation is 1. The van der Waals surface area contributed by atoms with Crippen molar-refractivity contribution in [3.63, 3.8) is 0 Å². The molecule has 0 unspecified atom stereocenters. The Morgan fingerprint density at radius 2 is 1.81 bits per heavy atom. The molecule has 5 rings (SSSR count). The molecule has 0 amide bonds. The van der Waals surface area contributed by atoms with E-state index >= 15 is 0 Å². The first-order valence-corrected chi connectivity index (χ1v) is 10.2. The molecule has 2 aromatic carbocycles. The van der Waals surface area contributed by atoms with Gasteiger partial charge in [-0.1, -0.05) is 6.07 Å². The second-order valence-corrected chi connectivity index (χ2v) is 8.27. The molecule has 1 aliphatic rings. The highest BCUT2D eigenvalue weighted by Crippen LogP contribution is 2.43. The number of H-pyrrole nitrogens is 1. The van der Waals surface area contributed by atoms with Crippen LogP contribution in [0.1, 0.15) is 36.7 Å². The second kappa shape index (κ2) is 7.04. The summed E-state index contributed by atoms with van der Waals surface area (Å²) in [6.45, 7) is 4.69. The summed E-state index contributed by atoms with van der Waals surface area (Å²) in [5.74, 6) is -0.841. The fourth-order valence-corrected chi connectivity index (χ4v) is 4.46. The van der Waals surface area contributed by atoms with E-state index in [9.17, 15) is 17.6 Å². The molecular weight excluding hydrogens is 424 g/mol. The fourth-order valence-electron chi connectivity index (χ4n) is 4.46. The van der Waals surface area contributed by atoms with Crippen LogP contribution in [0.3, 0.4) is 0 Å². The number of imidazole rings is 1. The van der Waals surface area contributed by atoms with Crippen molar-refractivity contribution >= 4 is 16.7 Å². The molecule has 0 radical (unpaired) electrons. The molecule has 0 spiro atoms. The summed E-state index contributed by atoms with van der Waals surface area (Å²) in [4.78, 5) is 11.2. The minimum Gasteiger partial charge on any atom is -0.357 e. The number of halogens is 4. The van der Waals surface area contributed by atoms with E-state index in [1.165, 1.54) is 4.80 Å². The van der Waals surface area contributed by atoms with Gasteiger partial charge in [0.15, 0.2) is 0 Å². The molecule has 1 saturated heterocycles. The van der Waals surface area contributed by atoms with Gasteiger partial charge in [-0.05, 0) is 50.5 Å². The Morgan fingerprint density at radius 1 is 1.06 bits per heavy atom. The maximum atomic E-state index is 14.1. The number of nitrogens with one attached hydrogen (secondary N) is 1. The maximum Gasteiger partial charge on any atom is 0.419 e. The minimum absolute atomic E-state index is 0.153. The van der Waals surface area contributed by atoms with Gasteiger partial charge in [0, 0.05) is 12.6 Å². The van der Waals surface area contributed by atoms with Crippen molar-refractivity contribution in [2.24, 2.45) is 0 Å². The number of alkyl halides is 3. The highest BCUT2D eigenvalue weighted by atomic mass is 19.4. The Kier molecular flexibility index (Phi) is 4.51. The lowest BCUT2D eigenvalue weighted by atomic mass is 9.97. The number of aromatic nitrogens is 5. The average molecular weight is 444 g/mol. The number of aromatic amines is 1. The minimum atomic E-state index is -4.78. The van der Waals surface area contributed by atoms with Gasteiger partial charge in [-0.3, -0.25) is 0 Å². The van der Waals surface area contributed by atoms with Gasteiger partial charge in [0.1, 0.15) is 17.3 Å². The lowest BCUT2D eigenvalue weighted by Gasteiger charge is -2.36. The first-order chi connectivity index (χ1) is 15.2. The van der Waals surface area contributed by atoms with E-state index < -0.39 is 23.1 Å². The van der Waals surface area contributed by atoms with Crippen molar-refractivity contribution in [3.8, 4) is 5.69 Å². The summed E-state index contributed by atoms with van der Waals surface area (Å²) in [6, 6.07) is 7.57. The van der Waals surface area contributed by atoms with Gasteiger partial charge >= 0.3 is 6.18 Å². The van der Waals surface area contributed by atoms with Crippen LogP contribution in [-0.4, -0.2) is 31.5 Å². The van der Waals surface area contributed by atoms with Crippen molar-refractivity contribution < 1.29 is 17.6 Å². The molecule has 2 aromatic heterocycles. The highest BCUT2D eigenvalue weighted by Gasteiger charge is 2.42. The SMILES string of the molecule is Cc1ccc(-n2nccn2)c(N2CCC[C@@]2(C)c2nc3cc(F)c(C(F)(F)F)cc3[nH]2)c1. The largest absolute Gasteiger partial charge is 0.419 e. The maximum absolute atomic E-state index is 14.1. The molecule has 10 heteroatoms. The second-order valence-electron chi connectivity index (χ2n) is 8.27. The number of rotatable bonds is 3. The van der Waals surface area contributed by atoms with Crippen LogP contribution >= 0.6 is 0 Å². The molecule has 0 aliphatic carbocycles. The molecule has 1 N–H and O–H groups in total. The van der Waals surface area contributed by atoms with Gasteiger partial charge in [0.25, 0.3) is 0 Å². The van der Waals surface area contributed by atoms with Crippen LogP contribution in [0.5, 0.6) is 0 Å². The monoisotopic (exact) mass is 444 g/mol. The third-order valence-electron chi connectivity index (χ3n) is 6.08. The predicted molar refractivity (Wildman–Crippen MR) is 111 cm³/mol. The number of benzene rings is 2. The van der Waals surface area contributed by atoms with Gasteiger partial charge in [-0.25, -0.2) is 9.37 Å². The highest BCUT2D eigenvalue weighted by molar-refractivity contribution is 5.77. The number of nitrogens with zero attached hydrogens (tertiary/aromatic N) is 5. The number of fused-ring (bicyclic) bond motifs is 1. The Labute approximate surface area is 180 Å². The number of anilines is 1. The van der Waals surface area contributed by atoms with E-state index in [2.05, 4.69) is 25.1 Å². The zero-order valence-electron chi connectivity index (χ0n) is 17.4. The summed E-state index contributed by atoms with van der Waals surface area (Å²) < 4.78 is 53.6. The molecule has 1 aliphatic heterocycles. The van der Waals surface area contributed by atoms with Crippen LogP contribution in [0.4, 0.5) is 23.2 Å². The third-order valence-corrected chi connectivity index (χ3v) is 6.08. The molecule has 0 bridgehead atoms. The van der Waals surface area contributed by atoms with Crippen LogP contribution in [0, 0.1) is 12.7 Å². The number of hydrogen-bond acceptors (Lipinski definition) is 4. The lowest BCUT2D eigenvalue weighted by Crippen LogP contribution is -2.40. The van der Waals surface area contributed by atoms with E-state index in [-0.39, 0.29) is 11.0 Å². The van der Waals surface area contributed by atoms with E-state index in [1.807, 2.05) is 32.0 Å². The fraction of sp³-hybridized carbons (Fsp3) is 0.318. The molecular formula is C22H20F4N6. The smallest absolute Gasteiger partial charge is 0.357 e. The quantitative estimate of drug-likeness (QED) is 0.445. The Hall–Kier alpha value is -3.43. The summed E-state index contributed by atoms with van der Waals surface area (Å²) in [7, 11) is 0. The van der Waals surface area contributed by atoms with E-state index in [1.54, 1.807) is 12.4 Å². The summed E-state index contributed by atoms with van der Waals surface area (Å²) in [6.07, 6.45) is -0.00522. The van der Waals surface area contributed by atoms with Gasteiger partial charge in [0.05, 0.1) is 40.2 Å². The molecule has 0 saturated carbocycles. The Bertz CT molecular complexity index is 1290. The Morgan fingerprint density at radius 3 is 2.53 bits per heavy atom. The number of hydrogen-bond donors (Lipinski definition) is 1. The summed E-state index contributed by atoms with van der Waals surface area (Å²) in [5.41, 5.74) is 1.10. The summed E-state index contributed by atoms with van der Waals surface area (Å²) >= 11 is 0. The van der Waals surface area contributed by atoms with Crippen molar-refractivity contribution in [2.45, 2.75) is 38.4 Å². The van der Waals surface area contributed by atoms with Gasteiger partial charge in [0.2, 0.25) is 0 Å². The predicted octanol–water partition coefficient (Wildman–Crippen LogP) is 5.13. The van der Waals surface area contributed by atoms with E-state index in [0.717, 1.165) is 41.9 Å². The van der Waals surface area contributed by atoms with Crippen LogP contribution in [0.25, 0.3) is 16.7 Å². The van der Waals surface area contributed by atoms with Crippen LogP contribution < -0.4 is 4.90 Å². The van der Waals surface area contributed by atoms with Crippen molar-refractivity contribution in [1.82, 2.24) is 25.0 Å². The zero-order valence-corrected chi connectivity index (χ0v) is 17.4. The topological polar surface area (TPSA) is 62.6 Å². The first-order valence-electron chi connectivity index (χ1n) is 10.2. The van der Waals surface area contributed by atoms with Crippen LogP contribution in [-0.2, 0) is 11.7 Å². The lowest BCUT2D eigenvalue weighted by molar-refractivity contribution is -0.139. The van der Waals surface area contributed by atoms with Crippen LogP contribution in [0.2, 0.25) is 0 Å². The van der Waals surface area contributed by atoms with Gasteiger partial charge < -0.3 is 9.88 Å². The van der Waals surface area contributed by atoms with E-state index in [4.69, 9.17) is 0 Å². The first kappa shape index (κ1) is 20.5. The van der Waals surface area contributed by atoms with Crippen molar-refractivity contribution in [1.29, 1.82) is 0 Å². The molecule has 1 fully saturated rings. The average Bonchev–Trinajstić information content (AvgIpc) is 3.46. The van der Waals surface area contributed by atoms with Crippen LogP contribution in [0.15, 0.2) is 42.7 Å².